The second-order valence-corrected chi connectivity index (χ2v) is 6.57. The molecule has 1 heterocycles. The fourth-order valence-electron chi connectivity index (χ4n) is 3.91. The Morgan fingerprint density at radius 2 is 1.62 bits per heavy atom. The maximum Gasteiger partial charge on any atom is 0.0628 e. The van der Waals surface area contributed by atoms with Gasteiger partial charge in [-0.2, -0.15) is 0 Å². The highest BCUT2D eigenvalue weighted by molar-refractivity contribution is 5.19. The Labute approximate surface area is 128 Å². The number of hydrogen-bond donors (Lipinski definition) is 2. The van der Waals surface area contributed by atoms with Crippen molar-refractivity contribution in [2.75, 3.05) is 19.7 Å². The van der Waals surface area contributed by atoms with Gasteiger partial charge in [0.05, 0.1) is 12.6 Å². The SMILES string of the molecule is OCC(c1ccccc1)N1CCC(NC2CCCC2)CC1. The van der Waals surface area contributed by atoms with E-state index in [2.05, 4.69) is 34.5 Å². The lowest BCUT2D eigenvalue weighted by Gasteiger charge is -2.38. The quantitative estimate of drug-likeness (QED) is 0.874. The third kappa shape index (κ3) is 3.85. The molecule has 0 bridgehead atoms. The molecule has 1 aliphatic carbocycles. The van der Waals surface area contributed by atoms with E-state index >= 15 is 0 Å². The normalized spacial score (nSPS) is 23.5. The molecule has 1 saturated carbocycles. The molecule has 3 nitrogen and oxygen atoms in total. The second kappa shape index (κ2) is 7.39. The molecule has 2 fully saturated rings. The van der Waals surface area contributed by atoms with E-state index in [1.807, 2.05) is 6.07 Å². The number of rotatable bonds is 5. The first-order chi connectivity index (χ1) is 10.4. The maximum atomic E-state index is 9.77. The van der Waals surface area contributed by atoms with E-state index in [4.69, 9.17) is 0 Å². The van der Waals surface area contributed by atoms with Crippen LogP contribution in [-0.4, -0.2) is 41.8 Å². The highest BCUT2D eigenvalue weighted by atomic mass is 16.3. The Hall–Kier alpha value is -0.900. The highest BCUT2D eigenvalue weighted by Gasteiger charge is 2.27. The fourth-order valence-corrected chi connectivity index (χ4v) is 3.91. The number of aliphatic hydroxyl groups excluding tert-OH is 1. The van der Waals surface area contributed by atoms with Crippen molar-refractivity contribution in [2.24, 2.45) is 0 Å². The van der Waals surface area contributed by atoms with Crippen molar-refractivity contribution in [1.29, 1.82) is 0 Å². The first-order valence-corrected chi connectivity index (χ1v) is 8.52. The van der Waals surface area contributed by atoms with Crippen molar-refractivity contribution in [2.45, 2.75) is 56.7 Å². The molecule has 1 unspecified atom stereocenters. The van der Waals surface area contributed by atoms with E-state index in [0.29, 0.717) is 6.04 Å². The molecule has 21 heavy (non-hydrogen) atoms. The Kier molecular flexibility index (Phi) is 5.28. The molecule has 2 aliphatic rings. The van der Waals surface area contributed by atoms with Gasteiger partial charge in [0.2, 0.25) is 0 Å². The van der Waals surface area contributed by atoms with Gasteiger partial charge in [0, 0.05) is 25.2 Å². The predicted octanol–water partition coefficient (Wildman–Crippen LogP) is 2.72. The number of nitrogens with zero attached hydrogens (tertiary/aromatic N) is 1. The van der Waals surface area contributed by atoms with Crippen LogP contribution in [0.15, 0.2) is 30.3 Å². The minimum atomic E-state index is 0.165. The molecule has 1 aromatic carbocycles. The van der Waals surface area contributed by atoms with Gasteiger partial charge in [-0.25, -0.2) is 0 Å². The van der Waals surface area contributed by atoms with Crippen LogP contribution in [-0.2, 0) is 0 Å². The van der Waals surface area contributed by atoms with Crippen LogP contribution in [0.4, 0.5) is 0 Å². The lowest BCUT2D eigenvalue weighted by atomic mass is 9.99. The Morgan fingerprint density at radius 1 is 1.00 bits per heavy atom. The van der Waals surface area contributed by atoms with Gasteiger partial charge in [-0.05, 0) is 31.2 Å². The summed E-state index contributed by atoms with van der Waals surface area (Å²) in [6.07, 6.45) is 7.95. The smallest absolute Gasteiger partial charge is 0.0628 e. The summed E-state index contributed by atoms with van der Waals surface area (Å²) >= 11 is 0. The van der Waals surface area contributed by atoms with Crippen LogP contribution in [0.5, 0.6) is 0 Å². The van der Waals surface area contributed by atoms with Crippen LogP contribution in [0.3, 0.4) is 0 Å². The first-order valence-electron chi connectivity index (χ1n) is 8.52. The summed E-state index contributed by atoms with van der Waals surface area (Å²) in [5, 5.41) is 13.6. The van der Waals surface area contributed by atoms with E-state index in [1.54, 1.807) is 0 Å². The minimum Gasteiger partial charge on any atom is -0.394 e. The van der Waals surface area contributed by atoms with Crippen molar-refractivity contribution >= 4 is 0 Å². The van der Waals surface area contributed by atoms with Gasteiger partial charge in [-0.1, -0.05) is 43.2 Å². The average molecular weight is 288 g/mol. The zero-order valence-electron chi connectivity index (χ0n) is 12.9. The molecular formula is C18H28N2O. The van der Waals surface area contributed by atoms with Crippen molar-refractivity contribution in [3.05, 3.63) is 35.9 Å². The largest absolute Gasteiger partial charge is 0.394 e. The topological polar surface area (TPSA) is 35.5 Å². The summed E-state index contributed by atoms with van der Waals surface area (Å²) in [7, 11) is 0. The van der Waals surface area contributed by atoms with Crippen LogP contribution in [0.1, 0.15) is 50.1 Å². The van der Waals surface area contributed by atoms with Gasteiger partial charge < -0.3 is 10.4 Å². The molecule has 0 radical (unpaired) electrons. The molecular weight excluding hydrogens is 260 g/mol. The van der Waals surface area contributed by atoms with Gasteiger partial charge >= 0.3 is 0 Å². The van der Waals surface area contributed by atoms with Gasteiger partial charge in [0.1, 0.15) is 0 Å². The van der Waals surface area contributed by atoms with E-state index in [-0.39, 0.29) is 12.6 Å². The zero-order chi connectivity index (χ0) is 14.5. The van der Waals surface area contributed by atoms with Crippen LogP contribution >= 0.6 is 0 Å². The van der Waals surface area contributed by atoms with E-state index in [0.717, 1.165) is 19.1 Å². The monoisotopic (exact) mass is 288 g/mol. The van der Waals surface area contributed by atoms with Gasteiger partial charge in [0.15, 0.2) is 0 Å². The lowest BCUT2D eigenvalue weighted by molar-refractivity contribution is 0.0915. The standard InChI is InChI=1S/C18H28N2O/c21-14-18(15-6-2-1-3-7-15)20-12-10-17(11-13-20)19-16-8-4-5-9-16/h1-3,6-7,16-19,21H,4-5,8-14H2. The first kappa shape index (κ1) is 15.0. The molecule has 0 amide bonds. The number of aliphatic hydroxyl groups is 1. The molecule has 1 atom stereocenters. The maximum absolute atomic E-state index is 9.77. The lowest BCUT2D eigenvalue weighted by Crippen LogP contribution is -2.47. The Balaban J connectivity index is 1.52. The number of piperidine rings is 1. The van der Waals surface area contributed by atoms with E-state index in [9.17, 15) is 5.11 Å². The van der Waals surface area contributed by atoms with E-state index < -0.39 is 0 Å². The summed E-state index contributed by atoms with van der Waals surface area (Å²) in [5.41, 5.74) is 1.24. The van der Waals surface area contributed by atoms with Crippen molar-refractivity contribution in [3.8, 4) is 0 Å². The van der Waals surface area contributed by atoms with Crippen molar-refractivity contribution in [1.82, 2.24) is 10.2 Å². The molecule has 1 aliphatic heterocycles. The average Bonchev–Trinajstić information content (AvgIpc) is 3.04. The van der Waals surface area contributed by atoms with E-state index in [1.165, 1.54) is 44.1 Å². The molecule has 0 aromatic heterocycles. The summed E-state index contributed by atoms with van der Waals surface area (Å²) in [6.45, 7) is 2.39. The molecule has 1 saturated heterocycles. The number of likely N-dealkylation sites (tertiary alicyclic amines) is 1. The minimum absolute atomic E-state index is 0.165. The Bertz CT molecular complexity index is 408. The molecule has 3 rings (SSSR count). The van der Waals surface area contributed by atoms with Crippen LogP contribution in [0, 0.1) is 0 Å². The summed E-state index contributed by atoms with van der Waals surface area (Å²) in [4.78, 5) is 2.45. The van der Waals surface area contributed by atoms with Crippen molar-refractivity contribution < 1.29 is 5.11 Å². The van der Waals surface area contributed by atoms with Gasteiger partial charge in [-0.15, -0.1) is 0 Å². The number of benzene rings is 1. The van der Waals surface area contributed by atoms with Crippen LogP contribution in [0.25, 0.3) is 0 Å². The summed E-state index contributed by atoms with van der Waals surface area (Å²) < 4.78 is 0. The highest BCUT2D eigenvalue weighted by Crippen LogP contribution is 2.25. The molecule has 2 N–H and O–H groups in total. The number of nitrogens with one attached hydrogen (secondary N) is 1. The van der Waals surface area contributed by atoms with Crippen LogP contribution in [0.2, 0.25) is 0 Å². The third-order valence-corrected chi connectivity index (χ3v) is 5.15. The molecule has 116 valence electrons. The van der Waals surface area contributed by atoms with Crippen molar-refractivity contribution in [3.63, 3.8) is 0 Å². The zero-order valence-corrected chi connectivity index (χ0v) is 12.9. The third-order valence-electron chi connectivity index (χ3n) is 5.15. The van der Waals surface area contributed by atoms with Crippen LogP contribution < -0.4 is 5.32 Å². The van der Waals surface area contributed by atoms with Gasteiger partial charge in [0.25, 0.3) is 0 Å². The fraction of sp³-hybridized carbons (Fsp3) is 0.667. The number of hydrogen-bond acceptors (Lipinski definition) is 3. The second-order valence-electron chi connectivity index (χ2n) is 6.57. The molecule has 1 aromatic rings. The Morgan fingerprint density at radius 3 is 2.24 bits per heavy atom. The van der Waals surface area contributed by atoms with Gasteiger partial charge in [-0.3, -0.25) is 4.90 Å². The summed E-state index contributed by atoms with van der Waals surface area (Å²) in [6, 6.07) is 12.0. The molecule has 0 spiro atoms. The predicted molar refractivity (Wildman–Crippen MR) is 86.3 cm³/mol. The summed E-state index contributed by atoms with van der Waals surface area (Å²) in [5.74, 6) is 0. The molecule has 3 heteroatoms.